The number of nitrogens with one attached hydrogen (secondary N) is 1. The third kappa shape index (κ3) is 4.46. The molecule has 21 heavy (non-hydrogen) atoms. The van der Waals surface area contributed by atoms with Crippen molar-refractivity contribution < 1.29 is 9.47 Å². The molecule has 0 aliphatic heterocycles. The maximum Gasteiger partial charge on any atom is 0.133 e. The van der Waals surface area contributed by atoms with Crippen LogP contribution in [0, 0.1) is 0 Å². The average Bonchev–Trinajstić information content (AvgIpc) is 2.50. The van der Waals surface area contributed by atoms with Gasteiger partial charge in [-0.1, -0.05) is 29.8 Å². The Bertz CT molecular complexity index is 570. The van der Waals surface area contributed by atoms with Gasteiger partial charge in [-0.3, -0.25) is 0 Å². The molecule has 2 aromatic rings. The van der Waals surface area contributed by atoms with E-state index in [1.54, 1.807) is 7.11 Å². The Kier molecular flexibility index (Phi) is 6.05. The lowest BCUT2D eigenvalue weighted by Crippen LogP contribution is -2.07. The molecule has 0 heterocycles. The lowest BCUT2D eigenvalue weighted by atomic mass is 10.1. The van der Waals surface area contributed by atoms with E-state index in [4.69, 9.17) is 21.1 Å². The maximum atomic E-state index is 6.22. The molecule has 0 fully saturated rings. The predicted molar refractivity (Wildman–Crippen MR) is 86.3 cm³/mol. The van der Waals surface area contributed by atoms with Crippen LogP contribution in [0.4, 0.5) is 0 Å². The second kappa shape index (κ2) is 8.03. The van der Waals surface area contributed by atoms with E-state index in [1.165, 1.54) is 5.56 Å². The molecular weight excluding hydrogens is 286 g/mol. The van der Waals surface area contributed by atoms with Crippen LogP contribution in [0.2, 0.25) is 5.02 Å². The van der Waals surface area contributed by atoms with Crippen LogP contribution in [0.3, 0.4) is 0 Å². The van der Waals surface area contributed by atoms with Gasteiger partial charge in [0, 0.05) is 24.2 Å². The lowest BCUT2D eigenvalue weighted by molar-refractivity contribution is 0.202. The average molecular weight is 306 g/mol. The minimum Gasteiger partial charge on any atom is -0.457 e. The molecule has 0 bridgehead atoms. The van der Waals surface area contributed by atoms with Crippen LogP contribution in [-0.2, 0) is 17.7 Å². The largest absolute Gasteiger partial charge is 0.457 e. The predicted octanol–water partition coefficient (Wildman–Crippen LogP) is 4.04. The number of hydrogen-bond donors (Lipinski definition) is 1. The van der Waals surface area contributed by atoms with Crippen molar-refractivity contribution in [3.63, 3.8) is 0 Å². The molecule has 0 amide bonds. The highest BCUT2D eigenvalue weighted by Crippen LogP contribution is 2.30. The first-order valence-electron chi connectivity index (χ1n) is 6.92. The van der Waals surface area contributed by atoms with Crippen molar-refractivity contribution in [1.29, 1.82) is 0 Å². The minimum absolute atomic E-state index is 0.668. The molecule has 0 aliphatic rings. The molecule has 2 aromatic carbocycles. The van der Waals surface area contributed by atoms with Crippen molar-refractivity contribution in [2.45, 2.75) is 13.0 Å². The first kappa shape index (κ1) is 15.8. The zero-order valence-corrected chi connectivity index (χ0v) is 13.1. The van der Waals surface area contributed by atoms with E-state index >= 15 is 0 Å². The molecule has 1 N–H and O–H groups in total. The van der Waals surface area contributed by atoms with Crippen molar-refractivity contribution >= 4 is 11.6 Å². The van der Waals surface area contributed by atoms with Crippen LogP contribution in [0.25, 0.3) is 0 Å². The molecular formula is C17H20ClNO2. The lowest BCUT2D eigenvalue weighted by Gasteiger charge is -2.12. The SMILES string of the molecule is CNCc1c(Cl)cccc1Oc1ccc(CCOC)cc1. The molecule has 0 saturated heterocycles. The van der Waals surface area contributed by atoms with Crippen molar-refractivity contribution in [2.75, 3.05) is 20.8 Å². The van der Waals surface area contributed by atoms with E-state index in [1.807, 2.05) is 37.4 Å². The van der Waals surface area contributed by atoms with Gasteiger partial charge in [0.05, 0.1) is 6.61 Å². The smallest absolute Gasteiger partial charge is 0.133 e. The van der Waals surface area contributed by atoms with E-state index in [-0.39, 0.29) is 0 Å². The van der Waals surface area contributed by atoms with Crippen molar-refractivity contribution in [3.05, 3.63) is 58.6 Å². The monoisotopic (exact) mass is 305 g/mol. The summed E-state index contributed by atoms with van der Waals surface area (Å²) >= 11 is 6.22. The molecule has 3 nitrogen and oxygen atoms in total. The number of rotatable bonds is 7. The second-order valence-corrected chi connectivity index (χ2v) is 5.14. The normalized spacial score (nSPS) is 10.6. The van der Waals surface area contributed by atoms with Gasteiger partial charge in [-0.15, -0.1) is 0 Å². The molecule has 112 valence electrons. The van der Waals surface area contributed by atoms with Gasteiger partial charge in [0.2, 0.25) is 0 Å². The van der Waals surface area contributed by atoms with Crippen LogP contribution in [-0.4, -0.2) is 20.8 Å². The van der Waals surface area contributed by atoms with Crippen molar-refractivity contribution in [3.8, 4) is 11.5 Å². The van der Waals surface area contributed by atoms with Gasteiger partial charge in [0.1, 0.15) is 11.5 Å². The highest BCUT2D eigenvalue weighted by atomic mass is 35.5. The fourth-order valence-corrected chi connectivity index (χ4v) is 2.29. The third-order valence-electron chi connectivity index (χ3n) is 3.18. The first-order chi connectivity index (χ1) is 10.2. The summed E-state index contributed by atoms with van der Waals surface area (Å²) in [6.07, 6.45) is 0.902. The Balaban J connectivity index is 2.12. The number of ether oxygens (including phenoxy) is 2. The quantitative estimate of drug-likeness (QED) is 0.837. The first-order valence-corrected chi connectivity index (χ1v) is 7.30. The molecule has 0 radical (unpaired) electrons. The van der Waals surface area contributed by atoms with Crippen LogP contribution < -0.4 is 10.1 Å². The molecule has 0 saturated carbocycles. The summed E-state index contributed by atoms with van der Waals surface area (Å²) in [6, 6.07) is 13.7. The Labute approximate surface area is 130 Å². The number of benzene rings is 2. The zero-order valence-electron chi connectivity index (χ0n) is 12.4. The van der Waals surface area contributed by atoms with Gasteiger partial charge in [-0.05, 0) is 43.3 Å². The maximum absolute atomic E-state index is 6.22. The van der Waals surface area contributed by atoms with Crippen molar-refractivity contribution in [2.24, 2.45) is 0 Å². The molecule has 0 spiro atoms. The van der Waals surface area contributed by atoms with Crippen molar-refractivity contribution in [1.82, 2.24) is 5.32 Å². The summed E-state index contributed by atoms with van der Waals surface area (Å²) in [7, 11) is 3.59. The summed E-state index contributed by atoms with van der Waals surface area (Å²) in [5.41, 5.74) is 2.19. The standard InChI is InChI=1S/C17H20ClNO2/c1-19-12-15-16(18)4-3-5-17(15)21-14-8-6-13(7-9-14)10-11-20-2/h3-9,19H,10-12H2,1-2H3. The minimum atomic E-state index is 0.668. The third-order valence-corrected chi connectivity index (χ3v) is 3.53. The zero-order chi connectivity index (χ0) is 15.1. The second-order valence-electron chi connectivity index (χ2n) is 4.74. The molecule has 0 atom stereocenters. The van der Waals surface area contributed by atoms with E-state index in [2.05, 4.69) is 17.4 Å². The summed E-state index contributed by atoms with van der Waals surface area (Å²) in [6.45, 7) is 1.39. The number of halogens is 1. The number of methoxy groups -OCH3 is 1. The topological polar surface area (TPSA) is 30.5 Å². The van der Waals surface area contributed by atoms with Gasteiger partial charge in [0.15, 0.2) is 0 Å². The van der Waals surface area contributed by atoms with E-state index in [0.29, 0.717) is 11.6 Å². The number of hydrogen-bond acceptors (Lipinski definition) is 3. The molecule has 0 aliphatic carbocycles. The molecule has 2 rings (SSSR count). The van der Waals surface area contributed by atoms with Gasteiger partial charge in [0.25, 0.3) is 0 Å². The van der Waals surface area contributed by atoms with E-state index in [0.717, 1.165) is 30.1 Å². The molecule has 0 aromatic heterocycles. The Morgan fingerprint density at radius 3 is 2.52 bits per heavy atom. The Morgan fingerprint density at radius 1 is 1.10 bits per heavy atom. The summed E-state index contributed by atoms with van der Waals surface area (Å²) in [4.78, 5) is 0. The fraction of sp³-hybridized carbons (Fsp3) is 0.294. The Morgan fingerprint density at radius 2 is 1.86 bits per heavy atom. The highest BCUT2D eigenvalue weighted by molar-refractivity contribution is 6.31. The van der Waals surface area contributed by atoms with Gasteiger partial charge in [-0.25, -0.2) is 0 Å². The summed E-state index contributed by atoms with van der Waals surface area (Å²) in [5.74, 6) is 1.58. The molecule has 4 heteroatoms. The summed E-state index contributed by atoms with van der Waals surface area (Å²) < 4.78 is 11.0. The summed E-state index contributed by atoms with van der Waals surface area (Å²) in [5, 5.41) is 3.81. The fourth-order valence-electron chi connectivity index (χ4n) is 2.05. The van der Waals surface area contributed by atoms with E-state index in [9.17, 15) is 0 Å². The van der Waals surface area contributed by atoms with E-state index < -0.39 is 0 Å². The van der Waals surface area contributed by atoms with Crippen LogP contribution in [0.5, 0.6) is 11.5 Å². The van der Waals surface area contributed by atoms with Gasteiger partial charge < -0.3 is 14.8 Å². The molecule has 0 unspecified atom stereocenters. The van der Waals surface area contributed by atoms with Crippen LogP contribution in [0.1, 0.15) is 11.1 Å². The highest BCUT2D eigenvalue weighted by Gasteiger charge is 2.08. The van der Waals surface area contributed by atoms with Gasteiger partial charge in [-0.2, -0.15) is 0 Å². The van der Waals surface area contributed by atoms with Gasteiger partial charge >= 0.3 is 0 Å². The van der Waals surface area contributed by atoms with Crippen LogP contribution in [0.15, 0.2) is 42.5 Å². The van der Waals surface area contributed by atoms with Crippen LogP contribution >= 0.6 is 11.6 Å². The Hall–Kier alpha value is -1.55.